The van der Waals surface area contributed by atoms with Crippen molar-refractivity contribution in [3.8, 4) is 5.75 Å². The number of allylic oxidation sites excluding steroid dienone is 1. The van der Waals surface area contributed by atoms with Gasteiger partial charge in [-0.3, -0.25) is 0 Å². The molecular weight excluding hydrogens is 255 g/mol. The van der Waals surface area contributed by atoms with Gasteiger partial charge in [-0.15, -0.1) is 12.1 Å². The Kier molecular flexibility index (Phi) is 3.46. The molecule has 2 aliphatic rings. The largest absolute Gasteiger partial charge is 0.493 e. The van der Waals surface area contributed by atoms with Gasteiger partial charge in [0.25, 0.3) is 0 Å². The van der Waals surface area contributed by atoms with Crippen molar-refractivity contribution in [3.05, 3.63) is 40.9 Å². The average Bonchev–Trinajstić information content (AvgIpc) is 2.83. The smallest absolute Gasteiger partial charge is 0.154 e. The quantitative estimate of drug-likeness (QED) is 0.713. The summed E-state index contributed by atoms with van der Waals surface area (Å²) in [6.07, 6.45) is 4.60. The van der Waals surface area contributed by atoms with E-state index in [0.29, 0.717) is 5.82 Å². The second kappa shape index (κ2) is 4.93. The van der Waals surface area contributed by atoms with Gasteiger partial charge in [-0.2, -0.15) is 0 Å². The van der Waals surface area contributed by atoms with Gasteiger partial charge in [0.1, 0.15) is 5.75 Å². The molecular formula is C19H26BO. The Morgan fingerprint density at radius 1 is 1.10 bits per heavy atom. The molecule has 1 atom stereocenters. The molecule has 0 saturated carbocycles. The Morgan fingerprint density at radius 3 is 2.33 bits per heavy atom. The Hall–Kier alpha value is -1.18. The van der Waals surface area contributed by atoms with Crippen molar-refractivity contribution in [3.63, 3.8) is 0 Å². The topological polar surface area (TPSA) is 9.23 Å². The van der Waals surface area contributed by atoms with Crippen molar-refractivity contribution in [2.75, 3.05) is 6.61 Å². The van der Waals surface area contributed by atoms with E-state index in [1.807, 2.05) is 0 Å². The van der Waals surface area contributed by atoms with Crippen LogP contribution in [0, 0.1) is 0 Å². The molecule has 0 aromatic heterocycles. The van der Waals surface area contributed by atoms with Gasteiger partial charge in [-0.1, -0.05) is 33.8 Å². The summed E-state index contributed by atoms with van der Waals surface area (Å²) in [5.74, 6) is 3.64. The number of fused-ring (bicyclic) bond motifs is 2. The molecule has 1 nitrogen and oxygen atoms in total. The maximum Gasteiger partial charge on any atom is 0.154 e. The molecule has 0 fully saturated rings. The number of benzene rings is 1. The molecule has 1 radical (unpaired) electrons. The second-order valence-corrected chi connectivity index (χ2v) is 7.84. The lowest BCUT2D eigenvalue weighted by atomic mass is 9.59. The van der Waals surface area contributed by atoms with Crippen LogP contribution in [0.2, 0.25) is 0 Å². The fraction of sp³-hybridized carbons (Fsp3) is 0.579. The molecule has 0 amide bonds. The third-order valence-electron chi connectivity index (χ3n) is 5.34. The summed E-state index contributed by atoms with van der Waals surface area (Å²) in [5, 5.41) is 0. The van der Waals surface area contributed by atoms with Gasteiger partial charge in [0.2, 0.25) is 0 Å². The van der Waals surface area contributed by atoms with E-state index >= 15 is 0 Å². The molecule has 0 spiro atoms. The SMILES string of the molecule is C/C=C/[B]C1COc2cc3c(cc21)C(C)(C)CCC3(C)C. The van der Waals surface area contributed by atoms with Crippen molar-refractivity contribution in [2.45, 2.75) is 64.1 Å². The lowest BCUT2D eigenvalue weighted by molar-refractivity contribution is 0.326. The zero-order chi connectivity index (χ0) is 15.3. The molecule has 1 heterocycles. The van der Waals surface area contributed by atoms with Crippen LogP contribution in [-0.4, -0.2) is 13.9 Å². The van der Waals surface area contributed by atoms with Gasteiger partial charge in [-0.05, 0) is 59.2 Å². The summed E-state index contributed by atoms with van der Waals surface area (Å²) in [6.45, 7) is 12.3. The van der Waals surface area contributed by atoms with E-state index < -0.39 is 0 Å². The van der Waals surface area contributed by atoms with Gasteiger partial charge in [0, 0.05) is 0 Å². The first-order valence-corrected chi connectivity index (χ1v) is 8.13. The zero-order valence-corrected chi connectivity index (χ0v) is 14.0. The fourth-order valence-corrected chi connectivity index (χ4v) is 3.70. The van der Waals surface area contributed by atoms with Crippen LogP contribution in [0.25, 0.3) is 0 Å². The lowest BCUT2D eigenvalue weighted by Crippen LogP contribution is -2.34. The Balaban J connectivity index is 2.09. The highest BCUT2D eigenvalue weighted by molar-refractivity contribution is 6.44. The minimum absolute atomic E-state index is 0.258. The summed E-state index contributed by atoms with van der Waals surface area (Å²) >= 11 is 0. The van der Waals surface area contributed by atoms with Crippen molar-refractivity contribution < 1.29 is 4.74 Å². The summed E-state index contributed by atoms with van der Waals surface area (Å²) in [6, 6.07) is 4.76. The molecule has 111 valence electrons. The van der Waals surface area contributed by atoms with Gasteiger partial charge < -0.3 is 4.74 Å². The molecule has 0 N–H and O–H groups in total. The maximum absolute atomic E-state index is 5.97. The number of rotatable bonds is 2. The van der Waals surface area contributed by atoms with Crippen LogP contribution >= 0.6 is 0 Å². The number of hydrogen-bond donors (Lipinski definition) is 0. The summed E-state index contributed by atoms with van der Waals surface area (Å²) < 4.78 is 5.97. The third-order valence-corrected chi connectivity index (χ3v) is 5.34. The van der Waals surface area contributed by atoms with E-state index in [9.17, 15) is 0 Å². The predicted molar refractivity (Wildman–Crippen MR) is 90.5 cm³/mol. The Morgan fingerprint density at radius 2 is 1.71 bits per heavy atom. The molecule has 1 aliphatic heterocycles. The first-order chi connectivity index (χ1) is 9.85. The molecule has 1 aliphatic carbocycles. The van der Waals surface area contributed by atoms with E-state index in [4.69, 9.17) is 4.74 Å². The average molecular weight is 281 g/mol. The van der Waals surface area contributed by atoms with Crippen LogP contribution in [0.4, 0.5) is 0 Å². The van der Waals surface area contributed by atoms with E-state index in [2.05, 4.69) is 66.1 Å². The normalized spacial score (nSPS) is 25.3. The third kappa shape index (κ3) is 2.43. The van der Waals surface area contributed by atoms with E-state index in [1.165, 1.54) is 29.5 Å². The standard InChI is InChI=1S/C19H26BO/c1-6-9-20-16-12-21-17-11-15-14(10-13(16)17)18(2,3)7-8-19(15,4)5/h6,9-11,16H,7-8,12H2,1-5H3/b9-6+. The second-order valence-electron chi connectivity index (χ2n) is 7.84. The van der Waals surface area contributed by atoms with Crippen LogP contribution in [-0.2, 0) is 10.8 Å². The maximum atomic E-state index is 5.97. The first-order valence-electron chi connectivity index (χ1n) is 8.13. The Labute approximate surface area is 130 Å². The molecule has 1 aromatic carbocycles. The van der Waals surface area contributed by atoms with Crippen molar-refractivity contribution >= 4 is 7.28 Å². The van der Waals surface area contributed by atoms with E-state index in [0.717, 1.165) is 12.4 Å². The van der Waals surface area contributed by atoms with Gasteiger partial charge in [0.15, 0.2) is 7.28 Å². The van der Waals surface area contributed by atoms with Crippen molar-refractivity contribution in [1.29, 1.82) is 0 Å². The molecule has 3 rings (SSSR count). The van der Waals surface area contributed by atoms with Crippen LogP contribution in [0.5, 0.6) is 5.75 Å². The molecule has 2 heteroatoms. The van der Waals surface area contributed by atoms with Crippen LogP contribution in [0.1, 0.15) is 70.0 Å². The molecule has 1 aromatic rings. The predicted octanol–water partition coefficient (Wildman–Crippen LogP) is 4.71. The van der Waals surface area contributed by atoms with Crippen LogP contribution in [0.3, 0.4) is 0 Å². The molecule has 0 saturated heterocycles. The zero-order valence-electron chi connectivity index (χ0n) is 14.0. The fourth-order valence-electron chi connectivity index (χ4n) is 3.70. The van der Waals surface area contributed by atoms with Gasteiger partial charge >= 0.3 is 0 Å². The molecule has 1 unspecified atom stereocenters. The summed E-state index contributed by atoms with van der Waals surface area (Å²) in [7, 11) is 2.26. The molecule has 0 bridgehead atoms. The highest BCUT2D eigenvalue weighted by Gasteiger charge is 2.39. The van der Waals surface area contributed by atoms with Crippen molar-refractivity contribution in [2.24, 2.45) is 0 Å². The van der Waals surface area contributed by atoms with Gasteiger partial charge in [0.05, 0.1) is 6.61 Å². The minimum Gasteiger partial charge on any atom is -0.493 e. The lowest BCUT2D eigenvalue weighted by Gasteiger charge is -2.42. The molecule has 21 heavy (non-hydrogen) atoms. The Bertz CT molecular complexity index is 583. The van der Waals surface area contributed by atoms with Crippen LogP contribution in [0.15, 0.2) is 24.2 Å². The van der Waals surface area contributed by atoms with E-state index in [-0.39, 0.29) is 10.8 Å². The number of hydrogen-bond acceptors (Lipinski definition) is 1. The van der Waals surface area contributed by atoms with Crippen LogP contribution < -0.4 is 4.74 Å². The highest BCUT2D eigenvalue weighted by Crippen LogP contribution is 2.49. The first kappa shape index (κ1) is 14.7. The number of ether oxygens (including phenoxy) is 1. The summed E-state index contributed by atoms with van der Waals surface area (Å²) in [4.78, 5) is 0. The highest BCUT2D eigenvalue weighted by atomic mass is 16.5. The van der Waals surface area contributed by atoms with Crippen molar-refractivity contribution in [1.82, 2.24) is 0 Å². The van der Waals surface area contributed by atoms with E-state index in [1.54, 1.807) is 0 Å². The monoisotopic (exact) mass is 281 g/mol. The van der Waals surface area contributed by atoms with Gasteiger partial charge in [-0.25, -0.2) is 0 Å². The summed E-state index contributed by atoms with van der Waals surface area (Å²) in [5.41, 5.74) is 4.92. The minimum atomic E-state index is 0.258.